The molecule has 0 amide bonds. The molecular formula is C13H17N3O3S. The summed E-state index contributed by atoms with van der Waals surface area (Å²) >= 11 is 0. The number of aliphatic hydroxyl groups excluding tert-OH is 1. The van der Waals surface area contributed by atoms with Crippen molar-refractivity contribution >= 4 is 20.9 Å². The Kier molecular flexibility index (Phi) is 3.49. The van der Waals surface area contributed by atoms with E-state index in [9.17, 15) is 13.5 Å². The van der Waals surface area contributed by atoms with Crippen molar-refractivity contribution < 1.29 is 13.5 Å². The van der Waals surface area contributed by atoms with E-state index >= 15 is 0 Å². The normalized spacial score (nSPS) is 23.4. The summed E-state index contributed by atoms with van der Waals surface area (Å²) < 4.78 is 27.1. The van der Waals surface area contributed by atoms with Crippen molar-refractivity contribution in [1.29, 1.82) is 0 Å². The van der Waals surface area contributed by atoms with Crippen LogP contribution in [-0.2, 0) is 10.0 Å². The van der Waals surface area contributed by atoms with E-state index in [4.69, 9.17) is 0 Å². The van der Waals surface area contributed by atoms with Crippen LogP contribution in [-0.4, -0.2) is 36.4 Å². The number of nitrogens with zero attached hydrogens (tertiary/aromatic N) is 1. The number of hydrogen-bond acceptors (Lipinski definition) is 4. The van der Waals surface area contributed by atoms with E-state index in [1.807, 2.05) is 0 Å². The Bertz CT molecular complexity index is 710. The lowest BCUT2D eigenvalue weighted by atomic mass is 10.1. The molecule has 3 N–H and O–H groups in total. The summed E-state index contributed by atoms with van der Waals surface area (Å²) in [7, 11) is -3.55. The van der Waals surface area contributed by atoms with Crippen molar-refractivity contribution in [1.82, 2.24) is 14.9 Å². The minimum Gasteiger partial charge on any atom is -0.393 e. The molecule has 7 heteroatoms. The molecule has 1 heterocycles. The minimum atomic E-state index is -3.55. The molecule has 2 atom stereocenters. The topological polar surface area (TPSA) is 95.1 Å². The van der Waals surface area contributed by atoms with Gasteiger partial charge in [0, 0.05) is 11.9 Å². The fourth-order valence-electron chi connectivity index (χ4n) is 2.64. The summed E-state index contributed by atoms with van der Waals surface area (Å²) in [4.78, 5) is 0.210. The van der Waals surface area contributed by atoms with Crippen LogP contribution < -0.4 is 4.72 Å². The average Bonchev–Trinajstić information content (AvgIpc) is 3.04. The number of H-pyrrole nitrogens is 1. The van der Waals surface area contributed by atoms with E-state index in [0.29, 0.717) is 5.52 Å². The largest absolute Gasteiger partial charge is 0.393 e. The second-order valence-corrected chi connectivity index (χ2v) is 7.00. The van der Waals surface area contributed by atoms with Crippen LogP contribution in [0.2, 0.25) is 0 Å². The number of fused-ring (bicyclic) bond motifs is 1. The van der Waals surface area contributed by atoms with E-state index in [2.05, 4.69) is 14.9 Å². The average molecular weight is 295 g/mol. The standard InChI is InChI=1S/C13H17N3O3S/c17-13-3-1-2-10(13)8-15-20(18,19)11-5-4-9-7-14-16-12(9)6-11/h4-7,10,13,15,17H,1-3,8H2,(H,14,16)/t10-,13-/m1/s1. The van der Waals surface area contributed by atoms with Gasteiger partial charge in [-0.15, -0.1) is 0 Å². The van der Waals surface area contributed by atoms with Gasteiger partial charge in [0.05, 0.1) is 22.7 Å². The summed E-state index contributed by atoms with van der Waals surface area (Å²) in [5.74, 6) is 0.0145. The molecule has 1 fully saturated rings. The maximum absolute atomic E-state index is 12.2. The number of rotatable bonds is 4. The van der Waals surface area contributed by atoms with Gasteiger partial charge in [-0.3, -0.25) is 5.10 Å². The van der Waals surface area contributed by atoms with E-state index in [0.717, 1.165) is 24.6 Å². The maximum atomic E-state index is 12.2. The lowest BCUT2D eigenvalue weighted by Gasteiger charge is -2.15. The van der Waals surface area contributed by atoms with Crippen LogP contribution in [0.3, 0.4) is 0 Å². The first-order valence-electron chi connectivity index (χ1n) is 6.67. The van der Waals surface area contributed by atoms with E-state index in [-0.39, 0.29) is 17.4 Å². The first-order valence-corrected chi connectivity index (χ1v) is 8.15. The predicted octanol–water partition coefficient (Wildman–Crippen LogP) is 1.00. The number of benzene rings is 1. The highest BCUT2D eigenvalue weighted by Gasteiger charge is 2.26. The Labute approximate surface area is 117 Å². The summed E-state index contributed by atoms with van der Waals surface area (Å²) in [6, 6.07) is 4.85. The molecular weight excluding hydrogens is 278 g/mol. The molecule has 0 radical (unpaired) electrons. The molecule has 0 aliphatic heterocycles. The molecule has 0 bridgehead atoms. The molecule has 6 nitrogen and oxygen atoms in total. The third-order valence-corrected chi connectivity index (χ3v) is 5.30. The van der Waals surface area contributed by atoms with Gasteiger partial charge in [0.15, 0.2) is 0 Å². The van der Waals surface area contributed by atoms with Crippen molar-refractivity contribution in [2.24, 2.45) is 5.92 Å². The molecule has 1 aliphatic rings. The Morgan fingerprint density at radius 1 is 1.40 bits per heavy atom. The van der Waals surface area contributed by atoms with E-state index in [1.54, 1.807) is 24.4 Å². The summed E-state index contributed by atoms with van der Waals surface area (Å²) in [5.41, 5.74) is 0.689. The Hall–Kier alpha value is -1.44. The smallest absolute Gasteiger partial charge is 0.240 e. The highest BCUT2D eigenvalue weighted by molar-refractivity contribution is 7.89. The van der Waals surface area contributed by atoms with Crippen LogP contribution in [0.15, 0.2) is 29.3 Å². The molecule has 1 aliphatic carbocycles. The second kappa shape index (κ2) is 5.16. The van der Waals surface area contributed by atoms with Crippen molar-refractivity contribution in [3.8, 4) is 0 Å². The van der Waals surface area contributed by atoms with Gasteiger partial charge in [-0.1, -0.05) is 6.42 Å². The molecule has 2 aromatic rings. The van der Waals surface area contributed by atoms with Crippen LogP contribution in [0.25, 0.3) is 10.9 Å². The third kappa shape index (κ3) is 2.56. The lowest BCUT2D eigenvalue weighted by Crippen LogP contribution is -2.32. The Balaban J connectivity index is 1.76. The van der Waals surface area contributed by atoms with Crippen molar-refractivity contribution in [3.63, 3.8) is 0 Å². The fraction of sp³-hybridized carbons (Fsp3) is 0.462. The lowest BCUT2D eigenvalue weighted by molar-refractivity contribution is 0.134. The van der Waals surface area contributed by atoms with Gasteiger partial charge in [0.1, 0.15) is 0 Å². The van der Waals surface area contributed by atoms with Gasteiger partial charge in [0.2, 0.25) is 10.0 Å². The Morgan fingerprint density at radius 2 is 2.25 bits per heavy atom. The summed E-state index contributed by atoms with van der Waals surface area (Å²) in [6.07, 6.45) is 3.82. The van der Waals surface area contributed by atoms with Crippen LogP contribution >= 0.6 is 0 Å². The van der Waals surface area contributed by atoms with Crippen LogP contribution in [0.5, 0.6) is 0 Å². The molecule has 0 spiro atoms. The van der Waals surface area contributed by atoms with Crippen molar-refractivity contribution in [2.45, 2.75) is 30.3 Å². The third-order valence-electron chi connectivity index (χ3n) is 3.88. The number of hydrogen-bond donors (Lipinski definition) is 3. The number of aromatic nitrogens is 2. The summed E-state index contributed by atoms with van der Waals surface area (Å²) in [6.45, 7) is 0.282. The molecule has 0 saturated heterocycles. The van der Waals surface area contributed by atoms with Crippen LogP contribution in [0.4, 0.5) is 0 Å². The zero-order chi connectivity index (χ0) is 14.2. The van der Waals surface area contributed by atoms with Crippen LogP contribution in [0.1, 0.15) is 19.3 Å². The second-order valence-electron chi connectivity index (χ2n) is 5.23. The monoisotopic (exact) mass is 295 g/mol. The van der Waals surface area contributed by atoms with E-state index < -0.39 is 16.1 Å². The molecule has 108 valence electrons. The number of nitrogens with one attached hydrogen (secondary N) is 2. The number of aromatic amines is 1. The predicted molar refractivity (Wildman–Crippen MR) is 74.6 cm³/mol. The van der Waals surface area contributed by atoms with Gasteiger partial charge in [-0.05, 0) is 37.0 Å². The highest BCUT2D eigenvalue weighted by Crippen LogP contribution is 2.25. The van der Waals surface area contributed by atoms with Gasteiger partial charge >= 0.3 is 0 Å². The number of aliphatic hydroxyl groups is 1. The molecule has 20 heavy (non-hydrogen) atoms. The zero-order valence-corrected chi connectivity index (χ0v) is 11.7. The van der Waals surface area contributed by atoms with E-state index in [1.165, 1.54) is 0 Å². The van der Waals surface area contributed by atoms with Gasteiger partial charge in [-0.25, -0.2) is 13.1 Å². The first-order chi connectivity index (χ1) is 9.56. The Morgan fingerprint density at radius 3 is 3.00 bits per heavy atom. The quantitative estimate of drug-likeness (QED) is 0.784. The molecule has 3 rings (SSSR count). The molecule has 1 aromatic heterocycles. The summed E-state index contributed by atoms with van der Waals surface area (Å²) in [5, 5.41) is 17.2. The molecule has 1 aromatic carbocycles. The van der Waals surface area contributed by atoms with Gasteiger partial charge < -0.3 is 5.11 Å². The first kappa shape index (κ1) is 13.5. The highest BCUT2D eigenvalue weighted by atomic mass is 32.2. The van der Waals surface area contributed by atoms with Crippen molar-refractivity contribution in [2.75, 3.05) is 6.54 Å². The van der Waals surface area contributed by atoms with Gasteiger partial charge in [-0.2, -0.15) is 5.10 Å². The molecule has 1 saturated carbocycles. The fourth-order valence-corrected chi connectivity index (χ4v) is 3.76. The maximum Gasteiger partial charge on any atom is 0.240 e. The van der Waals surface area contributed by atoms with Crippen LogP contribution in [0, 0.1) is 5.92 Å². The zero-order valence-electron chi connectivity index (χ0n) is 10.9. The molecule has 0 unspecified atom stereocenters. The van der Waals surface area contributed by atoms with Gasteiger partial charge in [0.25, 0.3) is 0 Å². The SMILES string of the molecule is O=S(=O)(NC[C@H]1CCC[C@H]1O)c1ccc2cn[nH]c2c1. The minimum absolute atomic E-state index is 0.0145. The number of sulfonamides is 1. The van der Waals surface area contributed by atoms with Crippen molar-refractivity contribution in [3.05, 3.63) is 24.4 Å².